The molecule has 0 aromatic heterocycles. The van der Waals surface area contributed by atoms with Crippen LogP contribution in [0.15, 0.2) is 53.0 Å². The summed E-state index contributed by atoms with van der Waals surface area (Å²) in [7, 11) is 0. The van der Waals surface area contributed by atoms with Gasteiger partial charge in [-0.25, -0.2) is 0 Å². The zero-order valence-electron chi connectivity index (χ0n) is 18.0. The summed E-state index contributed by atoms with van der Waals surface area (Å²) in [4.78, 5) is 27.4. The molecule has 4 nitrogen and oxygen atoms in total. The molecule has 0 fully saturated rings. The number of hydrogen-bond donors (Lipinski definition) is 1. The van der Waals surface area contributed by atoms with Crippen molar-refractivity contribution in [1.29, 1.82) is 0 Å². The molecule has 0 saturated carbocycles. The SMILES string of the molecule is CCCCNC(=O)[C@H](C)N(Cc1cccc(Br)c1)C(=O)CSCc1cccc(C)c1. The van der Waals surface area contributed by atoms with E-state index in [-0.39, 0.29) is 11.8 Å². The van der Waals surface area contributed by atoms with Crippen LogP contribution in [0.4, 0.5) is 0 Å². The van der Waals surface area contributed by atoms with Crippen LogP contribution in [0.2, 0.25) is 0 Å². The maximum Gasteiger partial charge on any atom is 0.242 e. The third-order valence-electron chi connectivity index (χ3n) is 4.82. The summed E-state index contributed by atoms with van der Waals surface area (Å²) in [5.74, 6) is 0.991. The molecule has 30 heavy (non-hydrogen) atoms. The van der Waals surface area contributed by atoms with Crippen molar-refractivity contribution >= 4 is 39.5 Å². The van der Waals surface area contributed by atoms with Gasteiger partial charge in [-0.05, 0) is 43.5 Å². The zero-order valence-corrected chi connectivity index (χ0v) is 20.4. The average Bonchev–Trinajstić information content (AvgIpc) is 2.71. The van der Waals surface area contributed by atoms with Gasteiger partial charge < -0.3 is 10.2 Å². The number of aryl methyl sites for hydroxylation is 1. The summed E-state index contributed by atoms with van der Waals surface area (Å²) in [6.07, 6.45) is 1.95. The molecular weight excluding hydrogens is 460 g/mol. The molecule has 2 aromatic carbocycles. The Morgan fingerprint density at radius 1 is 1.13 bits per heavy atom. The van der Waals surface area contributed by atoms with E-state index in [1.54, 1.807) is 16.7 Å². The highest BCUT2D eigenvalue weighted by Gasteiger charge is 2.25. The number of nitrogens with zero attached hydrogens (tertiary/aromatic N) is 1. The van der Waals surface area contributed by atoms with Gasteiger partial charge in [0.2, 0.25) is 11.8 Å². The molecule has 2 rings (SSSR count). The van der Waals surface area contributed by atoms with E-state index >= 15 is 0 Å². The van der Waals surface area contributed by atoms with Crippen molar-refractivity contribution in [3.05, 3.63) is 69.7 Å². The molecule has 0 saturated heterocycles. The molecule has 0 spiro atoms. The molecule has 162 valence electrons. The van der Waals surface area contributed by atoms with Crippen LogP contribution in [0.5, 0.6) is 0 Å². The minimum Gasteiger partial charge on any atom is -0.354 e. The third kappa shape index (κ3) is 8.15. The van der Waals surface area contributed by atoms with E-state index in [1.165, 1.54) is 11.1 Å². The van der Waals surface area contributed by atoms with Gasteiger partial charge in [-0.2, -0.15) is 0 Å². The Hall–Kier alpha value is -1.79. The second kappa shape index (κ2) is 12.8. The second-order valence-electron chi connectivity index (χ2n) is 7.45. The van der Waals surface area contributed by atoms with Crippen LogP contribution < -0.4 is 5.32 Å². The van der Waals surface area contributed by atoms with Crippen molar-refractivity contribution < 1.29 is 9.59 Å². The largest absolute Gasteiger partial charge is 0.354 e. The summed E-state index contributed by atoms with van der Waals surface area (Å²) in [6.45, 7) is 7.01. The van der Waals surface area contributed by atoms with E-state index in [0.29, 0.717) is 18.8 Å². The number of rotatable bonds is 11. The van der Waals surface area contributed by atoms with Crippen molar-refractivity contribution in [3.63, 3.8) is 0 Å². The first-order chi connectivity index (χ1) is 14.4. The van der Waals surface area contributed by atoms with Gasteiger partial charge in [-0.15, -0.1) is 11.8 Å². The molecule has 0 radical (unpaired) electrons. The van der Waals surface area contributed by atoms with Crippen molar-refractivity contribution in [2.24, 2.45) is 0 Å². The lowest BCUT2D eigenvalue weighted by Gasteiger charge is -2.29. The number of halogens is 1. The number of benzene rings is 2. The van der Waals surface area contributed by atoms with Gasteiger partial charge in [-0.3, -0.25) is 9.59 Å². The Bertz CT molecular complexity index is 843. The smallest absolute Gasteiger partial charge is 0.242 e. The quantitative estimate of drug-likeness (QED) is 0.433. The van der Waals surface area contributed by atoms with Gasteiger partial charge in [0.15, 0.2) is 0 Å². The Kier molecular flexibility index (Phi) is 10.4. The molecule has 0 heterocycles. The van der Waals surface area contributed by atoms with Crippen LogP contribution >= 0.6 is 27.7 Å². The Labute approximate surface area is 192 Å². The Morgan fingerprint density at radius 3 is 2.57 bits per heavy atom. The molecule has 2 aromatic rings. The van der Waals surface area contributed by atoms with Crippen LogP contribution in [0.1, 0.15) is 43.4 Å². The van der Waals surface area contributed by atoms with Crippen LogP contribution in [0, 0.1) is 6.92 Å². The van der Waals surface area contributed by atoms with E-state index in [2.05, 4.69) is 53.3 Å². The summed E-state index contributed by atoms with van der Waals surface area (Å²) < 4.78 is 0.960. The molecule has 0 unspecified atom stereocenters. The third-order valence-corrected chi connectivity index (χ3v) is 6.30. The first kappa shape index (κ1) is 24.5. The Balaban J connectivity index is 2.04. The maximum atomic E-state index is 13.1. The fourth-order valence-corrected chi connectivity index (χ4v) is 4.40. The summed E-state index contributed by atoms with van der Waals surface area (Å²) in [5, 5.41) is 2.96. The predicted octanol–water partition coefficient (Wildman–Crippen LogP) is 5.32. The predicted molar refractivity (Wildman–Crippen MR) is 129 cm³/mol. The molecular formula is C24H31BrN2O2S. The molecule has 6 heteroatoms. The average molecular weight is 491 g/mol. The van der Waals surface area contributed by atoms with Gasteiger partial charge in [0.25, 0.3) is 0 Å². The van der Waals surface area contributed by atoms with Crippen LogP contribution in [-0.4, -0.2) is 35.1 Å². The van der Waals surface area contributed by atoms with E-state index in [0.717, 1.165) is 28.6 Å². The summed E-state index contributed by atoms with van der Waals surface area (Å²) >= 11 is 5.07. The number of thioether (sulfide) groups is 1. The highest BCUT2D eigenvalue weighted by Crippen LogP contribution is 2.18. The van der Waals surface area contributed by atoms with Crippen molar-refractivity contribution in [1.82, 2.24) is 10.2 Å². The van der Waals surface area contributed by atoms with E-state index in [4.69, 9.17) is 0 Å². The molecule has 0 aliphatic rings. The number of carbonyl (C=O) groups is 2. The van der Waals surface area contributed by atoms with Crippen LogP contribution in [0.25, 0.3) is 0 Å². The van der Waals surface area contributed by atoms with Gasteiger partial charge in [0.05, 0.1) is 5.75 Å². The minimum absolute atomic E-state index is 0.0224. The lowest BCUT2D eigenvalue weighted by molar-refractivity contribution is -0.138. The van der Waals surface area contributed by atoms with Crippen LogP contribution in [-0.2, 0) is 21.9 Å². The topological polar surface area (TPSA) is 49.4 Å². The Morgan fingerprint density at radius 2 is 1.87 bits per heavy atom. The van der Waals surface area contributed by atoms with Crippen molar-refractivity contribution in [3.8, 4) is 0 Å². The van der Waals surface area contributed by atoms with Crippen LogP contribution in [0.3, 0.4) is 0 Å². The summed E-state index contributed by atoms with van der Waals surface area (Å²) in [6, 6.07) is 15.7. The molecule has 1 N–H and O–H groups in total. The number of hydrogen-bond acceptors (Lipinski definition) is 3. The first-order valence-corrected chi connectivity index (χ1v) is 12.3. The lowest BCUT2D eigenvalue weighted by atomic mass is 10.1. The van der Waals surface area contributed by atoms with Gasteiger partial charge in [0.1, 0.15) is 6.04 Å². The normalized spacial score (nSPS) is 11.7. The molecule has 0 aliphatic heterocycles. The molecule has 1 atom stereocenters. The zero-order chi connectivity index (χ0) is 21.9. The second-order valence-corrected chi connectivity index (χ2v) is 9.36. The highest BCUT2D eigenvalue weighted by molar-refractivity contribution is 9.10. The number of nitrogens with one attached hydrogen (secondary N) is 1. The lowest BCUT2D eigenvalue weighted by Crippen LogP contribution is -2.48. The number of amides is 2. The first-order valence-electron chi connectivity index (χ1n) is 10.4. The fraction of sp³-hybridized carbons (Fsp3) is 0.417. The summed E-state index contributed by atoms with van der Waals surface area (Å²) in [5.41, 5.74) is 3.42. The van der Waals surface area contributed by atoms with E-state index in [1.807, 2.05) is 37.3 Å². The molecule has 0 bridgehead atoms. The van der Waals surface area contributed by atoms with E-state index < -0.39 is 6.04 Å². The van der Waals surface area contributed by atoms with Crippen molar-refractivity contribution in [2.45, 2.75) is 52.0 Å². The molecule has 0 aliphatic carbocycles. The maximum absolute atomic E-state index is 13.1. The van der Waals surface area contributed by atoms with Crippen molar-refractivity contribution in [2.75, 3.05) is 12.3 Å². The number of unbranched alkanes of at least 4 members (excludes halogenated alkanes) is 1. The van der Waals surface area contributed by atoms with Gasteiger partial charge in [-0.1, -0.05) is 71.2 Å². The fourth-order valence-electron chi connectivity index (χ4n) is 3.09. The standard InChI is InChI=1S/C24H31BrN2O2S/c1-4-5-12-26-24(29)19(3)27(15-20-9-7-11-22(25)14-20)23(28)17-30-16-21-10-6-8-18(2)13-21/h6-11,13-14,19H,4-5,12,15-17H2,1-3H3,(H,26,29)/t19-/m0/s1. The minimum atomic E-state index is -0.520. The van der Waals surface area contributed by atoms with Gasteiger partial charge in [0, 0.05) is 23.3 Å². The highest BCUT2D eigenvalue weighted by atomic mass is 79.9. The monoisotopic (exact) mass is 490 g/mol. The molecule has 2 amide bonds. The number of carbonyl (C=O) groups excluding carboxylic acids is 2. The van der Waals surface area contributed by atoms with Gasteiger partial charge >= 0.3 is 0 Å². The van der Waals surface area contributed by atoms with E-state index in [9.17, 15) is 9.59 Å².